The van der Waals surface area contributed by atoms with Gasteiger partial charge in [-0.25, -0.2) is 4.98 Å². The lowest BCUT2D eigenvalue weighted by molar-refractivity contribution is -0.122. The Morgan fingerprint density at radius 3 is 2.78 bits per heavy atom. The Morgan fingerprint density at radius 1 is 1.15 bits per heavy atom. The van der Waals surface area contributed by atoms with Crippen LogP contribution in [0.5, 0.6) is 0 Å². The number of hydrogen-bond acceptors (Lipinski definition) is 3. The molecule has 0 bridgehead atoms. The molecule has 0 aliphatic carbocycles. The van der Waals surface area contributed by atoms with E-state index in [1.165, 1.54) is 0 Å². The molecule has 5 heteroatoms. The van der Waals surface area contributed by atoms with Crippen molar-refractivity contribution in [3.63, 3.8) is 0 Å². The number of amides is 1. The number of nitrogens with one attached hydrogen (secondary N) is 1. The van der Waals surface area contributed by atoms with Gasteiger partial charge in [0.15, 0.2) is 0 Å². The fourth-order valence-electron chi connectivity index (χ4n) is 3.35. The topological polar surface area (TPSA) is 56.2 Å². The molecule has 2 heterocycles. The van der Waals surface area contributed by atoms with E-state index < -0.39 is 0 Å². The number of nitrogens with zero attached hydrogens (tertiary/aromatic N) is 2. The SMILES string of the molecule is O=C(Cn1c(C=Cc2ccccc2)nc2ccccc21)NCC1CCCO1. The molecule has 1 atom stereocenters. The summed E-state index contributed by atoms with van der Waals surface area (Å²) in [6, 6.07) is 18.0. The highest BCUT2D eigenvalue weighted by Crippen LogP contribution is 2.18. The average Bonchev–Trinajstić information content (AvgIpc) is 3.34. The molecule has 0 spiro atoms. The van der Waals surface area contributed by atoms with E-state index in [0.717, 1.165) is 41.9 Å². The van der Waals surface area contributed by atoms with Gasteiger partial charge in [0.2, 0.25) is 5.91 Å². The quantitative estimate of drug-likeness (QED) is 0.731. The Bertz CT molecular complexity index is 941. The van der Waals surface area contributed by atoms with E-state index in [2.05, 4.69) is 10.3 Å². The zero-order valence-corrected chi connectivity index (χ0v) is 15.2. The van der Waals surface area contributed by atoms with Crippen LogP contribution in [-0.2, 0) is 16.1 Å². The van der Waals surface area contributed by atoms with Gasteiger partial charge in [-0.2, -0.15) is 0 Å². The highest BCUT2D eigenvalue weighted by Gasteiger charge is 2.17. The molecule has 3 aromatic rings. The lowest BCUT2D eigenvalue weighted by Crippen LogP contribution is -2.34. The van der Waals surface area contributed by atoms with E-state index in [9.17, 15) is 4.79 Å². The van der Waals surface area contributed by atoms with E-state index in [1.807, 2.05) is 71.3 Å². The lowest BCUT2D eigenvalue weighted by Gasteiger charge is -2.12. The van der Waals surface area contributed by atoms with Crippen molar-refractivity contribution in [2.45, 2.75) is 25.5 Å². The van der Waals surface area contributed by atoms with Crippen molar-refractivity contribution >= 4 is 29.1 Å². The number of hydrogen-bond donors (Lipinski definition) is 1. The first kappa shape index (κ1) is 17.5. The number of rotatable bonds is 6. The van der Waals surface area contributed by atoms with Crippen molar-refractivity contribution < 1.29 is 9.53 Å². The van der Waals surface area contributed by atoms with E-state index >= 15 is 0 Å². The Balaban J connectivity index is 1.54. The first-order valence-electron chi connectivity index (χ1n) is 9.36. The molecular weight excluding hydrogens is 338 g/mol. The molecule has 4 rings (SSSR count). The fraction of sp³-hybridized carbons (Fsp3) is 0.273. The molecule has 138 valence electrons. The van der Waals surface area contributed by atoms with Crippen LogP contribution in [0.15, 0.2) is 54.6 Å². The third kappa shape index (κ3) is 4.26. The summed E-state index contributed by atoms with van der Waals surface area (Å²) in [5.41, 5.74) is 2.94. The van der Waals surface area contributed by atoms with Gasteiger partial charge in [0, 0.05) is 13.2 Å². The molecular formula is C22H23N3O2. The number of ether oxygens (including phenoxy) is 1. The van der Waals surface area contributed by atoms with Crippen LogP contribution < -0.4 is 5.32 Å². The summed E-state index contributed by atoms with van der Waals surface area (Å²) in [7, 11) is 0. The Morgan fingerprint density at radius 2 is 1.96 bits per heavy atom. The van der Waals surface area contributed by atoms with Crippen molar-refractivity contribution in [1.29, 1.82) is 0 Å². The van der Waals surface area contributed by atoms with Gasteiger partial charge in [-0.3, -0.25) is 4.79 Å². The van der Waals surface area contributed by atoms with E-state index in [1.54, 1.807) is 0 Å². The maximum Gasteiger partial charge on any atom is 0.240 e. The summed E-state index contributed by atoms with van der Waals surface area (Å²) in [6.45, 7) is 1.60. The highest BCUT2D eigenvalue weighted by atomic mass is 16.5. The van der Waals surface area contributed by atoms with Gasteiger partial charge >= 0.3 is 0 Å². The van der Waals surface area contributed by atoms with Crippen LogP contribution in [0.3, 0.4) is 0 Å². The predicted octanol–water partition coefficient (Wildman–Crippen LogP) is 3.50. The highest BCUT2D eigenvalue weighted by molar-refractivity contribution is 5.83. The third-order valence-corrected chi connectivity index (χ3v) is 4.76. The first-order valence-corrected chi connectivity index (χ1v) is 9.36. The van der Waals surface area contributed by atoms with Gasteiger partial charge in [0.05, 0.1) is 17.1 Å². The van der Waals surface area contributed by atoms with Crippen molar-refractivity contribution in [2.75, 3.05) is 13.2 Å². The molecule has 1 aromatic heterocycles. The largest absolute Gasteiger partial charge is 0.376 e. The second kappa shape index (κ2) is 8.18. The lowest BCUT2D eigenvalue weighted by atomic mass is 10.2. The number of fused-ring (bicyclic) bond motifs is 1. The normalized spacial score (nSPS) is 17.0. The zero-order chi connectivity index (χ0) is 18.5. The van der Waals surface area contributed by atoms with Gasteiger partial charge in [-0.15, -0.1) is 0 Å². The molecule has 27 heavy (non-hydrogen) atoms. The summed E-state index contributed by atoms with van der Waals surface area (Å²) < 4.78 is 7.53. The van der Waals surface area contributed by atoms with Crippen LogP contribution in [0, 0.1) is 0 Å². The zero-order valence-electron chi connectivity index (χ0n) is 15.2. The minimum Gasteiger partial charge on any atom is -0.376 e. The molecule has 0 saturated carbocycles. The molecule has 5 nitrogen and oxygen atoms in total. The minimum absolute atomic E-state index is 0.0250. The predicted molar refractivity (Wildman–Crippen MR) is 107 cm³/mol. The van der Waals surface area contributed by atoms with Crippen molar-refractivity contribution in [2.24, 2.45) is 0 Å². The fourth-order valence-corrected chi connectivity index (χ4v) is 3.35. The summed E-state index contributed by atoms with van der Waals surface area (Å²) in [4.78, 5) is 17.2. The molecule has 1 fully saturated rings. The van der Waals surface area contributed by atoms with Gasteiger partial charge in [-0.1, -0.05) is 48.5 Å². The third-order valence-electron chi connectivity index (χ3n) is 4.76. The summed E-state index contributed by atoms with van der Waals surface area (Å²) in [5.74, 6) is 0.746. The average molecular weight is 361 g/mol. The van der Waals surface area contributed by atoms with Crippen LogP contribution in [-0.4, -0.2) is 34.7 Å². The molecule has 1 aliphatic rings. The molecule has 1 N–H and O–H groups in total. The van der Waals surface area contributed by atoms with E-state index in [-0.39, 0.29) is 18.6 Å². The number of carbonyl (C=O) groups is 1. The standard InChI is InChI=1S/C22H23N3O2/c26-22(23-15-18-9-6-14-27-18)16-25-20-11-5-4-10-19(20)24-21(25)13-12-17-7-2-1-3-8-17/h1-5,7-8,10-13,18H,6,9,14-16H2,(H,23,26). The molecule has 1 amide bonds. The van der Waals surface area contributed by atoms with Gasteiger partial charge in [-0.05, 0) is 36.6 Å². The molecule has 1 saturated heterocycles. The number of aromatic nitrogens is 2. The Kier molecular flexibility index (Phi) is 5.30. The monoisotopic (exact) mass is 361 g/mol. The number of carbonyl (C=O) groups excluding carboxylic acids is 1. The summed E-state index contributed by atoms with van der Waals surface area (Å²) in [6.07, 6.45) is 6.21. The van der Waals surface area contributed by atoms with Crippen molar-refractivity contribution in [3.05, 3.63) is 66.0 Å². The van der Waals surface area contributed by atoms with Crippen LogP contribution >= 0.6 is 0 Å². The number of imidazole rings is 1. The molecule has 0 radical (unpaired) electrons. The van der Waals surface area contributed by atoms with Crippen LogP contribution in [0.1, 0.15) is 24.2 Å². The molecule has 1 aliphatic heterocycles. The smallest absolute Gasteiger partial charge is 0.240 e. The summed E-state index contributed by atoms with van der Waals surface area (Å²) >= 11 is 0. The molecule has 2 aromatic carbocycles. The van der Waals surface area contributed by atoms with Crippen molar-refractivity contribution in [3.8, 4) is 0 Å². The van der Waals surface area contributed by atoms with E-state index in [4.69, 9.17) is 4.74 Å². The number of para-hydroxylation sites is 2. The molecule has 1 unspecified atom stereocenters. The first-order chi connectivity index (χ1) is 13.3. The van der Waals surface area contributed by atoms with Crippen LogP contribution in [0.4, 0.5) is 0 Å². The van der Waals surface area contributed by atoms with Gasteiger partial charge in [0.1, 0.15) is 12.4 Å². The Labute approximate surface area is 158 Å². The van der Waals surface area contributed by atoms with Gasteiger partial charge in [0.25, 0.3) is 0 Å². The second-order valence-electron chi connectivity index (χ2n) is 6.73. The van der Waals surface area contributed by atoms with E-state index in [0.29, 0.717) is 6.54 Å². The van der Waals surface area contributed by atoms with Gasteiger partial charge < -0.3 is 14.6 Å². The van der Waals surface area contributed by atoms with Crippen LogP contribution in [0.2, 0.25) is 0 Å². The van der Waals surface area contributed by atoms with Crippen LogP contribution in [0.25, 0.3) is 23.2 Å². The second-order valence-corrected chi connectivity index (χ2v) is 6.73. The maximum absolute atomic E-state index is 12.5. The summed E-state index contributed by atoms with van der Waals surface area (Å²) in [5, 5.41) is 2.99. The Hall–Kier alpha value is -2.92. The maximum atomic E-state index is 12.5. The van der Waals surface area contributed by atoms with Crippen molar-refractivity contribution in [1.82, 2.24) is 14.9 Å². The minimum atomic E-state index is -0.0250. The number of benzene rings is 2.